The second-order valence-corrected chi connectivity index (χ2v) is 10.4. The van der Waals surface area contributed by atoms with Gasteiger partial charge in [0.05, 0.1) is 23.5 Å². The number of halogens is 3. The molecule has 2 unspecified atom stereocenters. The molecule has 38 heavy (non-hydrogen) atoms. The molecule has 1 saturated heterocycles. The van der Waals surface area contributed by atoms with Crippen molar-refractivity contribution in [2.75, 3.05) is 24.5 Å². The van der Waals surface area contributed by atoms with Crippen molar-refractivity contribution < 1.29 is 23.1 Å². The third kappa shape index (κ3) is 7.50. The van der Waals surface area contributed by atoms with Gasteiger partial charge in [-0.15, -0.1) is 17.4 Å². The normalized spacial score (nSPS) is 19.0. The van der Waals surface area contributed by atoms with Crippen LogP contribution in [0.15, 0.2) is 22.6 Å². The van der Waals surface area contributed by atoms with Crippen LogP contribution in [0, 0.1) is 18.3 Å². The Hall–Kier alpha value is -3.54. The minimum absolute atomic E-state index is 0.0410. The summed E-state index contributed by atoms with van der Waals surface area (Å²) in [6, 6.07) is 0.0410. The van der Waals surface area contributed by atoms with E-state index in [0.717, 1.165) is 50.4 Å². The van der Waals surface area contributed by atoms with Crippen LogP contribution in [-0.2, 0) is 17.4 Å². The monoisotopic (exact) mass is 538 g/mol. The van der Waals surface area contributed by atoms with Crippen molar-refractivity contribution in [3.63, 3.8) is 0 Å². The van der Waals surface area contributed by atoms with Crippen molar-refractivity contribution >= 4 is 11.7 Å². The number of anilines is 1. The number of tetrazole rings is 1. The van der Waals surface area contributed by atoms with Gasteiger partial charge < -0.3 is 15.3 Å². The first-order chi connectivity index (χ1) is 17.8. The molecule has 0 bridgehead atoms. The number of alkyl halides is 3. The topological polar surface area (TPSA) is 139 Å². The first-order valence-electron chi connectivity index (χ1n) is 12.2. The number of hydrogen-bond donors (Lipinski definition) is 2. The lowest BCUT2D eigenvalue weighted by Crippen LogP contribution is -2.37. The summed E-state index contributed by atoms with van der Waals surface area (Å²) >= 11 is 0. The number of carboxylic acid groups (broad SMARTS) is 1. The maximum Gasteiger partial charge on any atom is 0.490 e. The molecule has 4 heterocycles. The van der Waals surface area contributed by atoms with Crippen LogP contribution in [0.5, 0.6) is 0 Å². The van der Waals surface area contributed by atoms with Crippen LogP contribution in [0.25, 0.3) is 0 Å². The van der Waals surface area contributed by atoms with E-state index in [0.29, 0.717) is 12.3 Å². The smallest absolute Gasteiger partial charge is 0.475 e. The van der Waals surface area contributed by atoms with Crippen LogP contribution in [0.2, 0.25) is 0 Å². The quantitative estimate of drug-likeness (QED) is 0.465. The summed E-state index contributed by atoms with van der Waals surface area (Å²) in [6.07, 6.45) is 7.73. The van der Waals surface area contributed by atoms with E-state index in [1.165, 1.54) is 0 Å². The fourth-order valence-electron chi connectivity index (χ4n) is 4.30. The van der Waals surface area contributed by atoms with E-state index in [-0.39, 0.29) is 17.2 Å². The van der Waals surface area contributed by atoms with Crippen LogP contribution >= 0.6 is 0 Å². The molecule has 2 aromatic heterocycles. The highest BCUT2D eigenvalue weighted by Gasteiger charge is 2.40. The van der Waals surface area contributed by atoms with Crippen molar-refractivity contribution in [2.24, 2.45) is 23.2 Å². The molecule has 2 aliphatic rings. The van der Waals surface area contributed by atoms with Crippen LogP contribution in [0.1, 0.15) is 58.3 Å². The molecule has 0 radical (unpaired) electrons. The molecule has 2 atom stereocenters. The molecule has 0 spiro atoms. The van der Waals surface area contributed by atoms with Gasteiger partial charge in [-0.1, -0.05) is 0 Å². The van der Waals surface area contributed by atoms with Crippen LogP contribution in [-0.4, -0.2) is 72.5 Å². The average Bonchev–Trinajstić information content (AvgIpc) is 3.23. The van der Waals surface area contributed by atoms with Gasteiger partial charge in [0.15, 0.2) is 11.5 Å². The predicted octanol–water partition coefficient (Wildman–Crippen LogP) is 2.92. The van der Waals surface area contributed by atoms with Gasteiger partial charge in [0, 0.05) is 58.1 Å². The molecular formula is C23H33F3N10O2. The van der Waals surface area contributed by atoms with E-state index >= 15 is 0 Å². The molecule has 12 nitrogen and oxygen atoms in total. The molecule has 0 saturated carbocycles. The summed E-state index contributed by atoms with van der Waals surface area (Å²) in [7, 11) is 1.95. The molecule has 4 rings (SSSR count). The number of terminal acetylenes is 1. The fourth-order valence-corrected chi connectivity index (χ4v) is 4.30. The van der Waals surface area contributed by atoms with Crippen molar-refractivity contribution in [3.05, 3.63) is 18.2 Å². The Bertz CT molecular complexity index is 1160. The Morgan fingerprint density at radius 3 is 2.53 bits per heavy atom. The minimum atomic E-state index is -5.08. The summed E-state index contributed by atoms with van der Waals surface area (Å²) in [5, 5.41) is 36.5. The van der Waals surface area contributed by atoms with Crippen molar-refractivity contribution in [1.82, 2.24) is 35.3 Å². The van der Waals surface area contributed by atoms with Crippen molar-refractivity contribution in [3.8, 4) is 12.3 Å². The molecule has 0 aromatic carbocycles. The zero-order valence-electron chi connectivity index (χ0n) is 21.9. The first kappa shape index (κ1) is 29.0. The van der Waals surface area contributed by atoms with Gasteiger partial charge in [-0.3, -0.25) is 4.68 Å². The van der Waals surface area contributed by atoms with Crippen molar-refractivity contribution in [2.45, 2.75) is 69.9 Å². The summed E-state index contributed by atoms with van der Waals surface area (Å²) in [5.41, 5.74) is 0.662. The molecule has 2 aliphatic heterocycles. The average molecular weight is 539 g/mol. The summed E-state index contributed by atoms with van der Waals surface area (Å²) in [4.78, 5) is 11.3. The standard InChI is InChI=1S/C21H32N10.C2HF3O2/c1-6-7-9-21(25-26-21)10-11-22-18(19-24-27-28-31(19)20(2,3)4)16-8-12-30(14-16)17-13-23-29(5)15-17;3-2(4,5)1(6)7/h1,13,15-16,18,22H,7-12,14H2,2-5H3;(H,6,7). The summed E-state index contributed by atoms with van der Waals surface area (Å²) < 4.78 is 35.5. The molecular weight excluding hydrogens is 505 g/mol. The second kappa shape index (κ2) is 11.5. The Morgan fingerprint density at radius 1 is 1.32 bits per heavy atom. The third-order valence-corrected chi connectivity index (χ3v) is 6.34. The zero-order valence-corrected chi connectivity index (χ0v) is 21.9. The molecule has 2 N–H and O–H groups in total. The Labute approximate surface area is 218 Å². The zero-order chi connectivity index (χ0) is 28.1. The lowest BCUT2D eigenvalue weighted by Gasteiger charge is -2.28. The van der Waals surface area contributed by atoms with Crippen LogP contribution in [0.3, 0.4) is 0 Å². The van der Waals surface area contributed by atoms with Gasteiger partial charge in [0.1, 0.15) is 0 Å². The number of aryl methyl sites for hydroxylation is 1. The first-order valence-corrected chi connectivity index (χ1v) is 12.2. The van der Waals surface area contributed by atoms with Gasteiger partial charge in [-0.05, 0) is 37.6 Å². The number of nitrogens with zero attached hydrogens (tertiary/aromatic N) is 9. The van der Waals surface area contributed by atoms with Gasteiger partial charge in [-0.25, -0.2) is 9.48 Å². The maximum absolute atomic E-state index is 10.6. The number of rotatable bonds is 9. The SMILES string of the molecule is C#CCCC1(CCNC(c2nnnn2C(C)(C)C)C2CCN(c3cnn(C)c3)C2)N=N1.O=C(O)C(F)(F)F. The third-order valence-electron chi connectivity index (χ3n) is 6.34. The lowest BCUT2D eigenvalue weighted by molar-refractivity contribution is -0.192. The van der Waals surface area contributed by atoms with Crippen molar-refractivity contribution in [1.29, 1.82) is 0 Å². The van der Waals surface area contributed by atoms with Crippen LogP contribution < -0.4 is 10.2 Å². The maximum atomic E-state index is 10.6. The Morgan fingerprint density at radius 2 is 2.00 bits per heavy atom. The largest absolute Gasteiger partial charge is 0.490 e. The Balaban J connectivity index is 0.000000505. The van der Waals surface area contributed by atoms with E-state index in [2.05, 4.69) is 74.0 Å². The molecule has 1 fully saturated rings. The van der Waals surface area contributed by atoms with Gasteiger partial charge in [-0.2, -0.15) is 28.5 Å². The highest BCUT2D eigenvalue weighted by molar-refractivity contribution is 5.73. The minimum Gasteiger partial charge on any atom is -0.475 e. The number of aliphatic carboxylic acids is 1. The van der Waals surface area contributed by atoms with E-state index in [1.807, 2.05) is 22.6 Å². The number of hydrogen-bond acceptors (Lipinski definition) is 9. The van der Waals surface area contributed by atoms with E-state index < -0.39 is 12.1 Å². The fraction of sp³-hybridized carbons (Fsp3) is 0.696. The summed E-state index contributed by atoms with van der Waals surface area (Å²) in [6.45, 7) is 9.06. The van der Waals surface area contributed by atoms with Gasteiger partial charge >= 0.3 is 12.1 Å². The number of carbonyl (C=O) groups is 1. The van der Waals surface area contributed by atoms with Gasteiger partial charge in [0.25, 0.3) is 0 Å². The molecule has 0 aliphatic carbocycles. The second-order valence-electron chi connectivity index (χ2n) is 10.4. The Kier molecular flexibility index (Phi) is 8.75. The number of nitrogens with one attached hydrogen (secondary N) is 1. The molecule has 2 aromatic rings. The van der Waals surface area contributed by atoms with E-state index in [9.17, 15) is 13.2 Å². The van der Waals surface area contributed by atoms with Crippen LogP contribution in [0.4, 0.5) is 18.9 Å². The highest BCUT2D eigenvalue weighted by atomic mass is 19.4. The predicted molar refractivity (Wildman–Crippen MR) is 131 cm³/mol. The molecule has 208 valence electrons. The number of carboxylic acids is 1. The lowest BCUT2D eigenvalue weighted by atomic mass is 9.96. The molecule has 0 amide bonds. The molecule has 15 heteroatoms. The highest BCUT2D eigenvalue weighted by Crippen LogP contribution is 2.37. The number of aromatic nitrogens is 6. The van der Waals surface area contributed by atoms with E-state index in [1.54, 1.807) is 0 Å². The van der Waals surface area contributed by atoms with Gasteiger partial charge in [0.2, 0.25) is 0 Å². The summed E-state index contributed by atoms with van der Waals surface area (Å²) in [5.74, 6) is 1.20. The van der Waals surface area contributed by atoms with E-state index in [4.69, 9.17) is 16.3 Å².